The highest BCUT2D eigenvalue weighted by Gasteiger charge is 1.99. The fraction of sp³-hybridized carbons (Fsp3) is 0.357. The molecule has 0 unspecified atom stereocenters. The van der Waals surface area contributed by atoms with Crippen molar-refractivity contribution in [1.29, 1.82) is 0 Å². The number of rotatable bonds is 6. The SMILES string of the molecule is CCn1cncc1CNCCc1ccc(F)cc1. The molecule has 0 aliphatic heterocycles. The normalized spacial score (nSPS) is 10.8. The lowest BCUT2D eigenvalue weighted by molar-refractivity contribution is 0.620. The topological polar surface area (TPSA) is 29.9 Å². The Hall–Kier alpha value is -1.68. The number of nitrogens with zero attached hydrogens (tertiary/aromatic N) is 2. The van der Waals surface area contributed by atoms with Gasteiger partial charge in [-0.3, -0.25) is 0 Å². The Labute approximate surface area is 107 Å². The van der Waals surface area contributed by atoms with Gasteiger partial charge >= 0.3 is 0 Å². The van der Waals surface area contributed by atoms with E-state index in [2.05, 4.69) is 21.8 Å². The molecule has 1 aromatic heterocycles. The number of hydrogen-bond acceptors (Lipinski definition) is 2. The second-order valence-corrected chi connectivity index (χ2v) is 4.22. The first kappa shape index (κ1) is 12.8. The summed E-state index contributed by atoms with van der Waals surface area (Å²) in [6.45, 7) is 4.73. The summed E-state index contributed by atoms with van der Waals surface area (Å²) in [5.74, 6) is -0.182. The van der Waals surface area contributed by atoms with E-state index >= 15 is 0 Å². The van der Waals surface area contributed by atoms with Crippen LogP contribution >= 0.6 is 0 Å². The van der Waals surface area contributed by atoms with Crippen LogP contribution in [0.4, 0.5) is 4.39 Å². The highest BCUT2D eigenvalue weighted by Crippen LogP contribution is 2.03. The molecule has 2 rings (SSSR count). The van der Waals surface area contributed by atoms with Crippen LogP contribution in [0.1, 0.15) is 18.2 Å². The van der Waals surface area contributed by atoms with E-state index in [1.165, 1.54) is 17.8 Å². The maximum atomic E-state index is 12.7. The number of halogens is 1. The van der Waals surface area contributed by atoms with Gasteiger partial charge in [0.05, 0.1) is 12.0 Å². The van der Waals surface area contributed by atoms with Crippen LogP contribution in [0.15, 0.2) is 36.8 Å². The molecule has 0 aliphatic carbocycles. The fourth-order valence-corrected chi connectivity index (χ4v) is 1.88. The predicted molar refractivity (Wildman–Crippen MR) is 69.7 cm³/mol. The van der Waals surface area contributed by atoms with Gasteiger partial charge in [-0.05, 0) is 37.6 Å². The zero-order valence-electron chi connectivity index (χ0n) is 10.6. The van der Waals surface area contributed by atoms with Crippen LogP contribution in [0, 0.1) is 5.82 Å². The minimum Gasteiger partial charge on any atom is -0.334 e. The van der Waals surface area contributed by atoms with E-state index in [0.717, 1.165) is 31.6 Å². The van der Waals surface area contributed by atoms with Crippen molar-refractivity contribution in [1.82, 2.24) is 14.9 Å². The summed E-state index contributed by atoms with van der Waals surface area (Å²) in [7, 11) is 0. The molecule has 1 aromatic carbocycles. The fourth-order valence-electron chi connectivity index (χ4n) is 1.88. The van der Waals surface area contributed by atoms with E-state index in [9.17, 15) is 4.39 Å². The minimum atomic E-state index is -0.182. The van der Waals surface area contributed by atoms with Crippen molar-refractivity contribution < 1.29 is 4.39 Å². The summed E-state index contributed by atoms with van der Waals surface area (Å²) < 4.78 is 14.8. The lowest BCUT2D eigenvalue weighted by atomic mass is 10.1. The molecule has 1 heterocycles. The van der Waals surface area contributed by atoms with Gasteiger partial charge in [-0.2, -0.15) is 0 Å². The molecule has 0 saturated carbocycles. The Morgan fingerprint density at radius 1 is 1.28 bits per heavy atom. The molecule has 0 radical (unpaired) electrons. The van der Waals surface area contributed by atoms with Crippen LogP contribution in [0.3, 0.4) is 0 Å². The number of aromatic nitrogens is 2. The van der Waals surface area contributed by atoms with Crippen LogP contribution < -0.4 is 5.32 Å². The van der Waals surface area contributed by atoms with Gasteiger partial charge in [-0.15, -0.1) is 0 Å². The molecule has 18 heavy (non-hydrogen) atoms. The van der Waals surface area contributed by atoms with Crippen molar-refractivity contribution in [2.75, 3.05) is 6.54 Å². The Balaban J connectivity index is 1.74. The Kier molecular flexibility index (Phi) is 4.47. The van der Waals surface area contributed by atoms with Crippen LogP contribution in [0.25, 0.3) is 0 Å². The standard InChI is InChI=1S/C14H18FN3/c1-2-18-11-17-10-14(18)9-16-8-7-12-3-5-13(15)6-4-12/h3-6,10-11,16H,2,7-9H2,1H3. The van der Waals surface area contributed by atoms with Gasteiger partial charge in [-0.25, -0.2) is 9.37 Å². The van der Waals surface area contributed by atoms with Crippen molar-refractivity contribution in [3.05, 3.63) is 53.9 Å². The van der Waals surface area contributed by atoms with Crippen LogP contribution in [0.2, 0.25) is 0 Å². The maximum absolute atomic E-state index is 12.7. The first-order valence-electron chi connectivity index (χ1n) is 6.23. The monoisotopic (exact) mass is 247 g/mol. The quantitative estimate of drug-likeness (QED) is 0.794. The largest absolute Gasteiger partial charge is 0.334 e. The molecular weight excluding hydrogens is 229 g/mol. The van der Waals surface area contributed by atoms with Gasteiger partial charge in [-0.1, -0.05) is 12.1 Å². The summed E-state index contributed by atoms with van der Waals surface area (Å²) in [5.41, 5.74) is 2.34. The lowest BCUT2D eigenvalue weighted by Gasteiger charge is -2.07. The second kappa shape index (κ2) is 6.31. The Morgan fingerprint density at radius 2 is 2.06 bits per heavy atom. The number of aryl methyl sites for hydroxylation is 1. The molecule has 0 spiro atoms. The van der Waals surface area contributed by atoms with E-state index in [4.69, 9.17) is 0 Å². The van der Waals surface area contributed by atoms with Crippen molar-refractivity contribution in [3.8, 4) is 0 Å². The van der Waals surface area contributed by atoms with Crippen LogP contribution in [-0.2, 0) is 19.5 Å². The molecule has 2 aromatic rings. The predicted octanol–water partition coefficient (Wildman–Crippen LogP) is 2.37. The summed E-state index contributed by atoms with van der Waals surface area (Å²) in [5, 5.41) is 3.37. The molecule has 1 N–H and O–H groups in total. The van der Waals surface area contributed by atoms with Crippen molar-refractivity contribution >= 4 is 0 Å². The van der Waals surface area contributed by atoms with Crippen molar-refractivity contribution in [2.24, 2.45) is 0 Å². The van der Waals surface area contributed by atoms with Crippen molar-refractivity contribution in [3.63, 3.8) is 0 Å². The first-order valence-corrected chi connectivity index (χ1v) is 6.23. The molecule has 4 heteroatoms. The molecular formula is C14H18FN3. The number of imidazole rings is 1. The third kappa shape index (κ3) is 3.40. The summed E-state index contributed by atoms with van der Waals surface area (Å²) >= 11 is 0. The van der Waals surface area contributed by atoms with Crippen molar-refractivity contribution in [2.45, 2.75) is 26.4 Å². The van der Waals surface area contributed by atoms with E-state index < -0.39 is 0 Å². The molecule has 0 saturated heterocycles. The van der Waals surface area contributed by atoms with Gasteiger partial charge in [0, 0.05) is 19.3 Å². The maximum Gasteiger partial charge on any atom is 0.123 e. The Bertz CT molecular complexity index is 476. The average Bonchev–Trinajstić information content (AvgIpc) is 2.84. The number of hydrogen-bond donors (Lipinski definition) is 1. The highest BCUT2D eigenvalue weighted by molar-refractivity contribution is 5.16. The second-order valence-electron chi connectivity index (χ2n) is 4.22. The molecule has 0 amide bonds. The van der Waals surface area contributed by atoms with E-state index in [1.807, 2.05) is 24.7 Å². The molecule has 0 bridgehead atoms. The number of nitrogens with one attached hydrogen (secondary N) is 1. The highest BCUT2D eigenvalue weighted by atomic mass is 19.1. The molecule has 0 aliphatic rings. The Morgan fingerprint density at radius 3 is 2.78 bits per heavy atom. The average molecular weight is 247 g/mol. The number of benzene rings is 1. The minimum absolute atomic E-state index is 0.182. The summed E-state index contributed by atoms with van der Waals surface area (Å²) in [6, 6.07) is 6.66. The molecule has 0 fully saturated rings. The van der Waals surface area contributed by atoms with Gasteiger partial charge < -0.3 is 9.88 Å². The van der Waals surface area contributed by atoms with Gasteiger partial charge in [0.25, 0.3) is 0 Å². The molecule has 96 valence electrons. The smallest absolute Gasteiger partial charge is 0.123 e. The van der Waals surface area contributed by atoms with E-state index in [0.29, 0.717) is 0 Å². The van der Waals surface area contributed by atoms with E-state index in [1.54, 1.807) is 0 Å². The molecule has 3 nitrogen and oxygen atoms in total. The zero-order valence-corrected chi connectivity index (χ0v) is 10.6. The third-order valence-corrected chi connectivity index (χ3v) is 2.95. The molecule has 0 atom stereocenters. The third-order valence-electron chi connectivity index (χ3n) is 2.95. The first-order chi connectivity index (χ1) is 8.79. The summed E-state index contributed by atoms with van der Waals surface area (Å²) in [6.07, 6.45) is 4.63. The van der Waals surface area contributed by atoms with Gasteiger partial charge in [0.15, 0.2) is 0 Å². The summed E-state index contributed by atoms with van der Waals surface area (Å²) in [4.78, 5) is 4.12. The van der Waals surface area contributed by atoms with Gasteiger partial charge in [0.1, 0.15) is 5.82 Å². The zero-order chi connectivity index (χ0) is 12.8. The van der Waals surface area contributed by atoms with Gasteiger partial charge in [0.2, 0.25) is 0 Å². The van der Waals surface area contributed by atoms with E-state index in [-0.39, 0.29) is 5.82 Å². The lowest BCUT2D eigenvalue weighted by Crippen LogP contribution is -2.18. The van der Waals surface area contributed by atoms with Crippen LogP contribution in [-0.4, -0.2) is 16.1 Å². The van der Waals surface area contributed by atoms with Crippen LogP contribution in [0.5, 0.6) is 0 Å².